The second-order valence-electron chi connectivity index (χ2n) is 6.22. The van der Waals surface area contributed by atoms with Gasteiger partial charge in [-0.25, -0.2) is 0 Å². The van der Waals surface area contributed by atoms with E-state index in [-0.39, 0.29) is 0 Å². The minimum atomic E-state index is -1.49. The van der Waals surface area contributed by atoms with Gasteiger partial charge in [0.1, 0.15) is 0 Å². The highest BCUT2D eigenvalue weighted by molar-refractivity contribution is 6.48. The summed E-state index contributed by atoms with van der Waals surface area (Å²) >= 11 is 0. The molecule has 0 aromatic carbocycles. The SMILES string of the molecule is CO[SiH](OC)C1(C2CCCCC2)CCC(C)C1. The van der Waals surface area contributed by atoms with Gasteiger partial charge in [-0.3, -0.25) is 0 Å². The molecule has 2 fully saturated rings. The Bertz CT molecular complexity index is 236. The molecule has 2 atom stereocenters. The summed E-state index contributed by atoms with van der Waals surface area (Å²) in [7, 11) is 2.25. The van der Waals surface area contributed by atoms with Gasteiger partial charge in [0.05, 0.1) is 0 Å². The third-order valence-electron chi connectivity index (χ3n) is 5.15. The maximum Gasteiger partial charge on any atom is 0.327 e. The van der Waals surface area contributed by atoms with E-state index < -0.39 is 9.28 Å². The van der Waals surface area contributed by atoms with Crippen LogP contribution in [0.2, 0.25) is 5.04 Å². The summed E-state index contributed by atoms with van der Waals surface area (Å²) in [6.45, 7) is 2.40. The van der Waals surface area contributed by atoms with Crippen molar-refractivity contribution in [2.75, 3.05) is 14.2 Å². The van der Waals surface area contributed by atoms with Crippen LogP contribution in [-0.2, 0) is 8.85 Å². The van der Waals surface area contributed by atoms with Crippen molar-refractivity contribution in [2.24, 2.45) is 11.8 Å². The third kappa shape index (κ3) is 2.61. The van der Waals surface area contributed by atoms with Crippen LogP contribution in [0.3, 0.4) is 0 Å². The summed E-state index contributed by atoms with van der Waals surface area (Å²) in [6, 6.07) is 0. The van der Waals surface area contributed by atoms with Gasteiger partial charge in [-0.1, -0.05) is 45.4 Å². The van der Waals surface area contributed by atoms with E-state index in [4.69, 9.17) is 8.85 Å². The summed E-state index contributed by atoms with van der Waals surface area (Å²) < 4.78 is 11.6. The predicted molar refractivity (Wildman–Crippen MR) is 73.5 cm³/mol. The molecule has 17 heavy (non-hydrogen) atoms. The first kappa shape index (κ1) is 13.6. The quantitative estimate of drug-likeness (QED) is 0.715. The van der Waals surface area contributed by atoms with E-state index in [1.54, 1.807) is 0 Å². The van der Waals surface area contributed by atoms with Gasteiger partial charge in [-0.05, 0) is 24.7 Å². The van der Waals surface area contributed by atoms with Crippen LogP contribution in [0, 0.1) is 11.8 Å². The molecule has 0 aliphatic heterocycles. The van der Waals surface area contributed by atoms with Crippen LogP contribution >= 0.6 is 0 Å². The summed E-state index contributed by atoms with van der Waals surface area (Å²) in [5, 5.41) is 0.448. The van der Waals surface area contributed by atoms with Crippen molar-refractivity contribution in [3.63, 3.8) is 0 Å². The van der Waals surface area contributed by atoms with Gasteiger partial charge >= 0.3 is 9.28 Å². The topological polar surface area (TPSA) is 18.5 Å². The molecule has 0 spiro atoms. The highest BCUT2D eigenvalue weighted by Gasteiger charge is 2.51. The Morgan fingerprint density at radius 2 is 1.65 bits per heavy atom. The second-order valence-corrected chi connectivity index (χ2v) is 8.98. The van der Waals surface area contributed by atoms with Crippen LogP contribution in [0.4, 0.5) is 0 Å². The van der Waals surface area contributed by atoms with Gasteiger partial charge in [-0.15, -0.1) is 0 Å². The average Bonchev–Trinajstić information content (AvgIpc) is 2.75. The summed E-state index contributed by atoms with van der Waals surface area (Å²) in [4.78, 5) is 0. The zero-order valence-corrected chi connectivity index (χ0v) is 12.9. The van der Waals surface area contributed by atoms with Gasteiger partial charge < -0.3 is 8.85 Å². The molecule has 0 radical (unpaired) electrons. The first-order valence-corrected chi connectivity index (χ1v) is 8.80. The molecule has 2 nitrogen and oxygen atoms in total. The van der Waals surface area contributed by atoms with Crippen molar-refractivity contribution < 1.29 is 8.85 Å². The maximum atomic E-state index is 5.80. The van der Waals surface area contributed by atoms with Crippen LogP contribution in [0.25, 0.3) is 0 Å². The van der Waals surface area contributed by atoms with E-state index >= 15 is 0 Å². The predicted octanol–water partition coefficient (Wildman–Crippen LogP) is 3.64. The third-order valence-corrected chi connectivity index (χ3v) is 7.94. The molecule has 0 aromatic heterocycles. The van der Waals surface area contributed by atoms with Crippen LogP contribution in [0.5, 0.6) is 0 Å². The molecule has 100 valence electrons. The Morgan fingerprint density at radius 1 is 1.00 bits per heavy atom. The molecular weight excluding hydrogens is 228 g/mol. The number of rotatable bonds is 4. The van der Waals surface area contributed by atoms with E-state index in [0.29, 0.717) is 5.04 Å². The normalized spacial score (nSPS) is 35.6. The van der Waals surface area contributed by atoms with E-state index in [0.717, 1.165) is 11.8 Å². The lowest BCUT2D eigenvalue weighted by molar-refractivity contribution is 0.174. The molecule has 2 unspecified atom stereocenters. The Kier molecular flexibility index (Phi) is 4.67. The van der Waals surface area contributed by atoms with E-state index in [1.807, 2.05) is 14.2 Å². The fourth-order valence-electron chi connectivity index (χ4n) is 4.39. The monoisotopic (exact) mass is 256 g/mol. The van der Waals surface area contributed by atoms with Gasteiger partial charge in [0.2, 0.25) is 0 Å². The molecular formula is C14H28O2Si. The molecule has 2 saturated carbocycles. The van der Waals surface area contributed by atoms with Crippen LogP contribution < -0.4 is 0 Å². The Balaban J connectivity index is 2.16. The van der Waals surface area contributed by atoms with Gasteiger partial charge in [0.25, 0.3) is 0 Å². The zero-order chi connectivity index (χ0) is 12.3. The van der Waals surface area contributed by atoms with Crippen molar-refractivity contribution in [3.05, 3.63) is 0 Å². The standard InChI is InChI=1S/C14H28O2Si/c1-12-9-10-14(11-12,17(15-2)16-3)13-7-5-4-6-8-13/h12-13,17H,4-11H2,1-3H3. The van der Waals surface area contributed by atoms with Crippen molar-refractivity contribution in [3.8, 4) is 0 Å². The van der Waals surface area contributed by atoms with E-state index in [1.165, 1.54) is 51.4 Å². The highest BCUT2D eigenvalue weighted by atomic mass is 28.3. The van der Waals surface area contributed by atoms with Crippen molar-refractivity contribution in [1.82, 2.24) is 0 Å². The summed E-state index contributed by atoms with van der Waals surface area (Å²) in [5.41, 5.74) is 0. The molecule has 0 bridgehead atoms. The molecule has 0 N–H and O–H groups in total. The number of hydrogen-bond donors (Lipinski definition) is 0. The second kappa shape index (κ2) is 5.85. The van der Waals surface area contributed by atoms with Crippen LogP contribution in [-0.4, -0.2) is 23.5 Å². The molecule has 0 aromatic rings. The fraction of sp³-hybridized carbons (Fsp3) is 1.00. The van der Waals surface area contributed by atoms with Crippen molar-refractivity contribution >= 4 is 9.28 Å². The van der Waals surface area contributed by atoms with E-state index in [9.17, 15) is 0 Å². The largest absolute Gasteiger partial charge is 0.400 e. The van der Waals surface area contributed by atoms with E-state index in [2.05, 4.69) is 6.92 Å². The zero-order valence-electron chi connectivity index (χ0n) is 11.7. The molecule has 2 aliphatic carbocycles. The Morgan fingerprint density at radius 3 is 2.12 bits per heavy atom. The van der Waals surface area contributed by atoms with Crippen molar-refractivity contribution in [1.29, 1.82) is 0 Å². The van der Waals surface area contributed by atoms with Crippen molar-refractivity contribution in [2.45, 2.75) is 63.3 Å². The fourth-order valence-corrected chi connectivity index (χ4v) is 7.24. The van der Waals surface area contributed by atoms with Crippen LogP contribution in [0.15, 0.2) is 0 Å². The minimum absolute atomic E-state index is 0.448. The maximum absolute atomic E-state index is 5.80. The molecule has 3 heteroatoms. The average molecular weight is 256 g/mol. The highest BCUT2D eigenvalue weighted by Crippen LogP contribution is 2.59. The Labute approximate surface area is 108 Å². The summed E-state index contributed by atoms with van der Waals surface area (Å²) in [6.07, 6.45) is 11.2. The minimum Gasteiger partial charge on any atom is -0.400 e. The lowest BCUT2D eigenvalue weighted by atomic mass is 9.78. The molecule has 2 aliphatic rings. The van der Waals surface area contributed by atoms with Gasteiger partial charge in [0, 0.05) is 19.3 Å². The summed E-state index contributed by atoms with van der Waals surface area (Å²) in [5.74, 6) is 1.76. The smallest absolute Gasteiger partial charge is 0.327 e. The van der Waals surface area contributed by atoms with Gasteiger partial charge in [-0.2, -0.15) is 0 Å². The molecule has 0 amide bonds. The Hall–Kier alpha value is 0.137. The molecule has 0 heterocycles. The first-order valence-electron chi connectivity index (χ1n) is 7.28. The lowest BCUT2D eigenvalue weighted by Gasteiger charge is -2.43. The lowest BCUT2D eigenvalue weighted by Crippen LogP contribution is -2.41. The van der Waals surface area contributed by atoms with Gasteiger partial charge in [0.15, 0.2) is 0 Å². The molecule has 0 saturated heterocycles. The molecule has 2 rings (SSSR count). The first-order chi connectivity index (χ1) is 8.23. The van der Waals surface area contributed by atoms with Crippen LogP contribution in [0.1, 0.15) is 58.3 Å². The number of hydrogen-bond acceptors (Lipinski definition) is 2.